The summed E-state index contributed by atoms with van der Waals surface area (Å²) in [4.78, 5) is 0. The van der Waals surface area contributed by atoms with Gasteiger partial charge >= 0.3 is 0 Å². The number of aryl methyl sites for hydroxylation is 2. The minimum Gasteiger partial charge on any atom is -0.396 e. The Hall–Kier alpha value is -1.60. The maximum absolute atomic E-state index is 9.65. The standard InChI is InChI=1S/C18H20O/c1-12-7-6-8-13(2)16(12)18-15(11-19)17(18)14-9-4-3-5-10-14/h3-10,15,17-19H,11H2,1-2H3/t15-,17-,18-/m0/s1. The van der Waals surface area contributed by atoms with Gasteiger partial charge in [-0.3, -0.25) is 0 Å². The molecule has 1 nitrogen and oxygen atoms in total. The summed E-state index contributed by atoms with van der Waals surface area (Å²) < 4.78 is 0. The van der Waals surface area contributed by atoms with Crippen LogP contribution in [-0.2, 0) is 0 Å². The third-order valence-corrected chi connectivity index (χ3v) is 4.44. The lowest BCUT2D eigenvalue weighted by Crippen LogP contribution is -1.94. The van der Waals surface area contributed by atoms with Crippen LogP contribution in [0, 0.1) is 19.8 Å². The highest BCUT2D eigenvalue weighted by Crippen LogP contribution is 2.61. The molecule has 1 saturated carbocycles. The molecule has 3 rings (SSSR count). The fraction of sp³-hybridized carbons (Fsp3) is 0.333. The second kappa shape index (κ2) is 4.82. The van der Waals surface area contributed by atoms with Crippen LogP contribution in [-0.4, -0.2) is 11.7 Å². The molecule has 19 heavy (non-hydrogen) atoms. The van der Waals surface area contributed by atoms with E-state index in [-0.39, 0.29) is 6.61 Å². The van der Waals surface area contributed by atoms with Crippen molar-refractivity contribution >= 4 is 0 Å². The fourth-order valence-corrected chi connectivity index (χ4v) is 3.48. The predicted molar refractivity (Wildman–Crippen MR) is 78.4 cm³/mol. The normalized spacial score (nSPS) is 25.3. The van der Waals surface area contributed by atoms with E-state index in [4.69, 9.17) is 0 Å². The highest BCUT2D eigenvalue weighted by Gasteiger charge is 2.51. The zero-order valence-electron chi connectivity index (χ0n) is 11.5. The van der Waals surface area contributed by atoms with Gasteiger partial charge < -0.3 is 5.11 Å². The molecule has 0 bridgehead atoms. The summed E-state index contributed by atoms with van der Waals surface area (Å²) in [5.41, 5.74) is 5.49. The van der Waals surface area contributed by atoms with Crippen LogP contribution < -0.4 is 0 Å². The highest BCUT2D eigenvalue weighted by atomic mass is 16.3. The van der Waals surface area contributed by atoms with Crippen molar-refractivity contribution in [3.63, 3.8) is 0 Å². The average molecular weight is 252 g/mol. The molecule has 1 N–H and O–H groups in total. The Balaban J connectivity index is 1.98. The van der Waals surface area contributed by atoms with Gasteiger partial charge in [-0.05, 0) is 53.9 Å². The van der Waals surface area contributed by atoms with Crippen LogP contribution in [0.3, 0.4) is 0 Å². The first-order valence-electron chi connectivity index (χ1n) is 6.96. The first-order chi connectivity index (χ1) is 9.24. The van der Waals surface area contributed by atoms with Crippen LogP contribution in [0.5, 0.6) is 0 Å². The molecule has 0 spiro atoms. The molecule has 1 aliphatic carbocycles. The molecule has 1 heteroatoms. The number of hydrogen-bond acceptors (Lipinski definition) is 1. The molecular formula is C18H20O. The van der Waals surface area contributed by atoms with Gasteiger partial charge in [0.1, 0.15) is 0 Å². The minimum absolute atomic E-state index is 0.276. The number of benzene rings is 2. The SMILES string of the molecule is Cc1cccc(C)c1[C@@H]1[C@@H](CO)[C@@H]1c1ccccc1. The molecule has 1 fully saturated rings. The van der Waals surface area contributed by atoms with Crippen LogP contribution in [0.4, 0.5) is 0 Å². The summed E-state index contributed by atoms with van der Waals surface area (Å²) in [6.45, 7) is 4.63. The van der Waals surface area contributed by atoms with Gasteiger partial charge in [0, 0.05) is 6.61 Å². The van der Waals surface area contributed by atoms with E-state index in [0.717, 1.165) is 0 Å². The van der Waals surface area contributed by atoms with Crippen molar-refractivity contribution < 1.29 is 5.11 Å². The quantitative estimate of drug-likeness (QED) is 0.881. The Morgan fingerprint density at radius 3 is 2.05 bits per heavy atom. The summed E-state index contributed by atoms with van der Waals surface area (Å²) in [6, 6.07) is 17.1. The zero-order valence-corrected chi connectivity index (χ0v) is 11.5. The van der Waals surface area contributed by atoms with E-state index >= 15 is 0 Å². The molecule has 0 unspecified atom stereocenters. The van der Waals surface area contributed by atoms with E-state index in [9.17, 15) is 5.11 Å². The number of hydrogen-bond donors (Lipinski definition) is 1. The molecular weight excluding hydrogens is 232 g/mol. The summed E-state index contributed by atoms with van der Waals surface area (Å²) in [5.74, 6) is 1.34. The van der Waals surface area contributed by atoms with Crippen molar-refractivity contribution in [2.45, 2.75) is 25.7 Å². The molecule has 98 valence electrons. The van der Waals surface area contributed by atoms with Crippen LogP contribution in [0.15, 0.2) is 48.5 Å². The molecule has 0 radical (unpaired) electrons. The predicted octanol–water partition coefficient (Wildman–Crippen LogP) is 3.79. The Morgan fingerprint density at radius 1 is 0.842 bits per heavy atom. The lowest BCUT2D eigenvalue weighted by atomic mass is 9.96. The summed E-state index contributed by atoms with van der Waals surface area (Å²) in [7, 11) is 0. The fourth-order valence-electron chi connectivity index (χ4n) is 3.48. The topological polar surface area (TPSA) is 20.2 Å². The monoisotopic (exact) mass is 252 g/mol. The Morgan fingerprint density at radius 2 is 1.47 bits per heavy atom. The van der Waals surface area contributed by atoms with Gasteiger partial charge in [-0.2, -0.15) is 0 Å². The Bertz CT molecular complexity index is 553. The van der Waals surface area contributed by atoms with Gasteiger partial charge in [0.05, 0.1) is 0 Å². The smallest absolute Gasteiger partial charge is 0.0471 e. The molecule has 2 aromatic carbocycles. The van der Waals surface area contributed by atoms with Gasteiger partial charge in [-0.1, -0.05) is 48.5 Å². The van der Waals surface area contributed by atoms with Crippen LogP contribution >= 0.6 is 0 Å². The molecule has 3 atom stereocenters. The molecule has 0 aliphatic heterocycles. The van der Waals surface area contributed by atoms with Crippen molar-refractivity contribution in [1.82, 2.24) is 0 Å². The van der Waals surface area contributed by atoms with Crippen molar-refractivity contribution in [1.29, 1.82) is 0 Å². The van der Waals surface area contributed by atoms with Gasteiger partial charge in [-0.15, -0.1) is 0 Å². The third kappa shape index (κ3) is 2.08. The summed E-state index contributed by atoms with van der Waals surface area (Å²) in [5, 5.41) is 9.65. The largest absolute Gasteiger partial charge is 0.396 e. The van der Waals surface area contributed by atoms with E-state index in [2.05, 4.69) is 56.3 Å². The number of aliphatic hydroxyl groups is 1. The first kappa shape index (κ1) is 12.4. The lowest BCUT2D eigenvalue weighted by molar-refractivity contribution is 0.271. The van der Waals surface area contributed by atoms with Crippen LogP contribution in [0.1, 0.15) is 34.1 Å². The lowest BCUT2D eigenvalue weighted by Gasteiger charge is -2.09. The van der Waals surface area contributed by atoms with Crippen LogP contribution in [0.25, 0.3) is 0 Å². The van der Waals surface area contributed by atoms with E-state index in [1.54, 1.807) is 0 Å². The Labute approximate surface area is 114 Å². The molecule has 0 heterocycles. The second-order valence-corrected chi connectivity index (χ2v) is 5.61. The van der Waals surface area contributed by atoms with Gasteiger partial charge in [0.15, 0.2) is 0 Å². The molecule has 0 aromatic heterocycles. The molecule has 2 aromatic rings. The van der Waals surface area contributed by atoms with E-state index in [1.165, 1.54) is 22.3 Å². The third-order valence-electron chi connectivity index (χ3n) is 4.44. The summed E-state index contributed by atoms with van der Waals surface area (Å²) in [6.07, 6.45) is 0. The maximum atomic E-state index is 9.65. The molecule has 0 amide bonds. The van der Waals surface area contributed by atoms with E-state index in [0.29, 0.717) is 17.8 Å². The van der Waals surface area contributed by atoms with E-state index < -0.39 is 0 Å². The maximum Gasteiger partial charge on any atom is 0.0471 e. The van der Waals surface area contributed by atoms with Crippen LogP contribution in [0.2, 0.25) is 0 Å². The van der Waals surface area contributed by atoms with Crippen molar-refractivity contribution in [2.24, 2.45) is 5.92 Å². The number of aliphatic hydroxyl groups excluding tert-OH is 1. The highest BCUT2D eigenvalue weighted by molar-refractivity contribution is 5.46. The average Bonchev–Trinajstić information content (AvgIpc) is 3.13. The van der Waals surface area contributed by atoms with Crippen molar-refractivity contribution in [3.8, 4) is 0 Å². The molecule has 1 aliphatic rings. The van der Waals surface area contributed by atoms with Gasteiger partial charge in [-0.25, -0.2) is 0 Å². The van der Waals surface area contributed by atoms with Crippen molar-refractivity contribution in [3.05, 3.63) is 70.8 Å². The van der Waals surface area contributed by atoms with Gasteiger partial charge in [0.25, 0.3) is 0 Å². The zero-order chi connectivity index (χ0) is 13.4. The van der Waals surface area contributed by atoms with E-state index in [1.807, 2.05) is 6.07 Å². The second-order valence-electron chi connectivity index (χ2n) is 5.61. The van der Waals surface area contributed by atoms with Crippen molar-refractivity contribution in [2.75, 3.05) is 6.61 Å². The number of rotatable bonds is 3. The summed E-state index contributed by atoms with van der Waals surface area (Å²) >= 11 is 0. The Kier molecular flexibility index (Phi) is 3.16. The minimum atomic E-state index is 0.276. The first-order valence-corrected chi connectivity index (χ1v) is 6.96. The van der Waals surface area contributed by atoms with Gasteiger partial charge in [0.2, 0.25) is 0 Å². The molecule has 0 saturated heterocycles.